The summed E-state index contributed by atoms with van der Waals surface area (Å²) in [6.07, 6.45) is 3.86. The lowest BCUT2D eigenvalue weighted by Gasteiger charge is -2.27. The number of rotatable bonds is 8. The first-order valence-electron chi connectivity index (χ1n) is 6.50. The molecule has 0 aliphatic heterocycles. The topological polar surface area (TPSA) is 94.0 Å². The SMILES string of the molecule is Cc1nnc(SCCCC(C)(NC2CC2)C(N)=O)o1. The minimum atomic E-state index is -0.605. The number of hydrogen-bond donors (Lipinski definition) is 2. The Kier molecular flexibility index (Phi) is 4.46. The fourth-order valence-electron chi connectivity index (χ4n) is 1.87. The van der Waals surface area contributed by atoms with Gasteiger partial charge in [-0.3, -0.25) is 4.79 Å². The fraction of sp³-hybridized carbons (Fsp3) is 0.750. The van der Waals surface area contributed by atoms with Crippen LogP contribution >= 0.6 is 11.8 Å². The van der Waals surface area contributed by atoms with Crippen LogP contribution in [0.5, 0.6) is 0 Å². The van der Waals surface area contributed by atoms with Crippen molar-refractivity contribution >= 4 is 17.7 Å². The molecule has 1 atom stereocenters. The van der Waals surface area contributed by atoms with E-state index in [-0.39, 0.29) is 5.91 Å². The second-order valence-electron chi connectivity index (χ2n) is 5.15. The molecule has 1 aliphatic rings. The maximum atomic E-state index is 11.6. The molecule has 19 heavy (non-hydrogen) atoms. The highest BCUT2D eigenvalue weighted by Crippen LogP contribution is 2.26. The van der Waals surface area contributed by atoms with Gasteiger partial charge in [-0.05, 0) is 32.6 Å². The Labute approximate surface area is 116 Å². The van der Waals surface area contributed by atoms with E-state index in [0.717, 1.165) is 31.4 Å². The summed E-state index contributed by atoms with van der Waals surface area (Å²) in [6, 6.07) is 0.462. The van der Waals surface area contributed by atoms with Crippen molar-refractivity contribution in [3.8, 4) is 0 Å². The number of aryl methyl sites for hydroxylation is 1. The monoisotopic (exact) mass is 284 g/mol. The third kappa shape index (κ3) is 4.21. The second kappa shape index (κ2) is 5.92. The van der Waals surface area contributed by atoms with Gasteiger partial charge in [-0.25, -0.2) is 0 Å². The van der Waals surface area contributed by atoms with Gasteiger partial charge in [0.25, 0.3) is 5.22 Å². The van der Waals surface area contributed by atoms with Crippen LogP contribution in [0.3, 0.4) is 0 Å². The summed E-state index contributed by atoms with van der Waals surface area (Å²) in [5.74, 6) is 1.12. The Hall–Kier alpha value is -1.08. The first kappa shape index (κ1) is 14.3. The number of nitrogens with zero attached hydrogens (tertiary/aromatic N) is 2. The summed E-state index contributed by atoms with van der Waals surface area (Å²) >= 11 is 1.51. The minimum Gasteiger partial charge on any atom is -0.416 e. The van der Waals surface area contributed by atoms with E-state index in [4.69, 9.17) is 10.2 Å². The molecule has 1 fully saturated rings. The van der Waals surface area contributed by atoms with E-state index in [2.05, 4.69) is 15.5 Å². The summed E-state index contributed by atoms with van der Waals surface area (Å²) in [7, 11) is 0. The highest BCUT2D eigenvalue weighted by atomic mass is 32.2. The Balaban J connectivity index is 1.74. The third-order valence-corrected chi connectivity index (χ3v) is 4.10. The zero-order valence-corrected chi connectivity index (χ0v) is 12.1. The minimum absolute atomic E-state index is 0.280. The molecule has 1 aromatic rings. The van der Waals surface area contributed by atoms with Gasteiger partial charge in [0.1, 0.15) is 0 Å². The zero-order chi connectivity index (χ0) is 13.9. The summed E-state index contributed by atoms with van der Waals surface area (Å²) in [6.45, 7) is 3.65. The van der Waals surface area contributed by atoms with Crippen molar-refractivity contribution in [2.45, 2.75) is 56.3 Å². The van der Waals surface area contributed by atoms with Crippen molar-refractivity contribution in [1.29, 1.82) is 0 Å². The van der Waals surface area contributed by atoms with Crippen LogP contribution in [0.2, 0.25) is 0 Å². The Morgan fingerprint density at radius 1 is 1.58 bits per heavy atom. The number of hydrogen-bond acceptors (Lipinski definition) is 6. The van der Waals surface area contributed by atoms with Crippen LogP contribution in [0.15, 0.2) is 9.64 Å². The maximum absolute atomic E-state index is 11.6. The van der Waals surface area contributed by atoms with Gasteiger partial charge >= 0.3 is 0 Å². The molecule has 6 nitrogen and oxygen atoms in total. The molecule has 0 saturated heterocycles. The molecule has 1 aromatic heterocycles. The van der Waals surface area contributed by atoms with Gasteiger partial charge in [-0.1, -0.05) is 11.8 Å². The van der Waals surface area contributed by atoms with Gasteiger partial charge in [-0.2, -0.15) is 0 Å². The number of amides is 1. The van der Waals surface area contributed by atoms with Crippen LogP contribution in [0.25, 0.3) is 0 Å². The molecular weight excluding hydrogens is 264 g/mol. The largest absolute Gasteiger partial charge is 0.416 e. The lowest BCUT2D eigenvalue weighted by atomic mass is 9.95. The maximum Gasteiger partial charge on any atom is 0.276 e. The van der Waals surface area contributed by atoms with E-state index in [1.807, 2.05) is 6.92 Å². The highest BCUT2D eigenvalue weighted by molar-refractivity contribution is 7.99. The number of carbonyl (C=O) groups excluding carboxylic acids is 1. The van der Waals surface area contributed by atoms with Crippen molar-refractivity contribution in [1.82, 2.24) is 15.5 Å². The van der Waals surface area contributed by atoms with Crippen LogP contribution in [0.1, 0.15) is 38.5 Å². The number of thioether (sulfide) groups is 1. The van der Waals surface area contributed by atoms with Crippen LogP contribution in [0.4, 0.5) is 0 Å². The molecule has 0 radical (unpaired) electrons. The lowest BCUT2D eigenvalue weighted by molar-refractivity contribution is -0.124. The first-order valence-corrected chi connectivity index (χ1v) is 7.49. The van der Waals surface area contributed by atoms with Gasteiger partial charge in [0, 0.05) is 18.7 Å². The molecule has 0 spiro atoms. The second-order valence-corrected chi connectivity index (χ2v) is 6.20. The normalized spacial score (nSPS) is 18.2. The van der Waals surface area contributed by atoms with Gasteiger partial charge in [-0.15, -0.1) is 10.2 Å². The number of nitrogens with one attached hydrogen (secondary N) is 1. The molecule has 1 amide bonds. The Morgan fingerprint density at radius 3 is 2.84 bits per heavy atom. The summed E-state index contributed by atoms with van der Waals surface area (Å²) in [5.41, 5.74) is 4.89. The molecule has 0 aromatic carbocycles. The van der Waals surface area contributed by atoms with E-state index in [1.54, 1.807) is 6.92 Å². The zero-order valence-electron chi connectivity index (χ0n) is 11.3. The third-order valence-electron chi connectivity index (χ3n) is 3.20. The van der Waals surface area contributed by atoms with Crippen LogP contribution in [-0.2, 0) is 4.79 Å². The van der Waals surface area contributed by atoms with E-state index >= 15 is 0 Å². The predicted octanol–water partition coefficient (Wildman–Crippen LogP) is 1.25. The molecular formula is C12H20N4O2S. The molecule has 1 aliphatic carbocycles. The molecule has 2 rings (SSSR count). The molecule has 0 bridgehead atoms. The molecule has 106 valence electrons. The average molecular weight is 284 g/mol. The first-order chi connectivity index (χ1) is 8.99. The lowest BCUT2D eigenvalue weighted by Crippen LogP contribution is -2.54. The molecule has 3 N–H and O–H groups in total. The van der Waals surface area contributed by atoms with Gasteiger partial charge in [0.2, 0.25) is 11.8 Å². The number of nitrogens with two attached hydrogens (primary N) is 1. The summed E-state index contributed by atoms with van der Waals surface area (Å²) in [5, 5.41) is 11.6. The highest BCUT2D eigenvalue weighted by Gasteiger charge is 2.36. The van der Waals surface area contributed by atoms with E-state index in [1.165, 1.54) is 11.8 Å². The fourth-order valence-corrected chi connectivity index (χ4v) is 2.61. The van der Waals surface area contributed by atoms with E-state index in [0.29, 0.717) is 17.2 Å². The Morgan fingerprint density at radius 2 is 2.32 bits per heavy atom. The van der Waals surface area contributed by atoms with Gasteiger partial charge in [0.05, 0.1) is 5.54 Å². The van der Waals surface area contributed by atoms with Crippen molar-refractivity contribution in [2.75, 3.05) is 5.75 Å². The van der Waals surface area contributed by atoms with Crippen molar-refractivity contribution in [3.05, 3.63) is 5.89 Å². The number of carbonyl (C=O) groups is 1. The molecule has 7 heteroatoms. The van der Waals surface area contributed by atoms with Crippen LogP contribution in [-0.4, -0.2) is 33.4 Å². The quantitative estimate of drug-likeness (QED) is 0.551. The number of primary amides is 1. The van der Waals surface area contributed by atoms with Crippen LogP contribution < -0.4 is 11.1 Å². The standard InChI is InChI=1S/C12H20N4O2S/c1-8-15-16-11(18-8)19-7-3-6-12(2,10(13)17)14-9-4-5-9/h9,14H,3-7H2,1-2H3,(H2,13,17). The summed E-state index contributed by atoms with van der Waals surface area (Å²) in [4.78, 5) is 11.6. The average Bonchev–Trinajstić information content (AvgIpc) is 3.05. The smallest absolute Gasteiger partial charge is 0.276 e. The Bertz CT molecular complexity index is 447. The van der Waals surface area contributed by atoms with Crippen molar-refractivity contribution in [2.24, 2.45) is 5.73 Å². The number of aromatic nitrogens is 2. The molecule has 1 saturated carbocycles. The summed E-state index contributed by atoms with van der Waals surface area (Å²) < 4.78 is 5.27. The van der Waals surface area contributed by atoms with E-state index in [9.17, 15) is 4.79 Å². The van der Waals surface area contributed by atoms with Crippen molar-refractivity contribution in [3.63, 3.8) is 0 Å². The van der Waals surface area contributed by atoms with Crippen LogP contribution in [0, 0.1) is 6.92 Å². The van der Waals surface area contributed by atoms with Gasteiger partial charge in [0.15, 0.2) is 0 Å². The van der Waals surface area contributed by atoms with Crippen molar-refractivity contribution < 1.29 is 9.21 Å². The van der Waals surface area contributed by atoms with Gasteiger partial charge < -0.3 is 15.5 Å². The van der Waals surface area contributed by atoms with E-state index < -0.39 is 5.54 Å². The molecule has 1 heterocycles. The molecule has 1 unspecified atom stereocenters. The predicted molar refractivity (Wildman–Crippen MR) is 72.8 cm³/mol.